The number of carbonyl (C=O) groups excluding carboxylic acids is 1. The first-order valence-corrected chi connectivity index (χ1v) is 8.08. The molecule has 4 nitrogen and oxygen atoms in total. The van der Waals surface area contributed by atoms with E-state index in [1.54, 1.807) is 6.07 Å². The van der Waals surface area contributed by atoms with Gasteiger partial charge in [0.1, 0.15) is 5.69 Å². The van der Waals surface area contributed by atoms with Gasteiger partial charge in [-0.2, -0.15) is 0 Å². The average molecular weight is 291 g/mol. The van der Waals surface area contributed by atoms with Crippen molar-refractivity contribution in [2.45, 2.75) is 53.5 Å². The van der Waals surface area contributed by atoms with E-state index < -0.39 is 0 Å². The summed E-state index contributed by atoms with van der Waals surface area (Å²) in [5.74, 6) is 0.821. The Morgan fingerprint density at radius 3 is 2.67 bits per heavy atom. The van der Waals surface area contributed by atoms with Crippen LogP contribution in [0.1, 0.15) is 57.4 Å². The predicted octanol–water partition coefficient (Wildman–Crippen LogP) is 3.38. The Morgan fingerprint density at radius 1 is 1.33 bits per heavy atom. The summed E-state index contributed by atoms with van der Waals surface area (Å²) in [5.41, 5.74) is 7.56. The highest BCUT2D eigenvalue weighted by atomic mass is 16.2. The van der Waals surface area contributed by atoms with Crippen LogP contribution < -0.4 is 5.73 Å². The standard InChI is InChI=1S/C17H29N3O/c1-5-19-12-14(18)11-15(19)16(21)20-9-6-7-13(8-10-20)17(2,3)4/h11-13H,5-10,18H2,1-4H3. The molecule has 1 fully saturated rings. The Labute approximate surface area is 128 Å². The van der Waals surface area contributed by atoms with Gasteiger partial charge in [0.15, 0.2) is 0 Å². The third-order valence-electron chi connectivity index (χ3n) is 4.72. The number of aromatic nitrogens is 1. The van der Waals surface area contributed by atoms with Crippen molar-refractivity contribution >= 4 is 11.6 Å². The van der Waals surface area contributed by atoms with Crippen molar-refractivity contribution < 1.29 is 4.79 Å². The van der Waals surface area contributed by atoms with Gasteiger partial charge in [0, 0.05) is 25.8 Å². The molecule has 0 bridgehead atoms. The summed E-state index contributed by atoms with van der Waals surface area (Å²) >= 11 is 0. The average Bonchev–Trinajstić information content (AvgIpc) is 2.63. The van der Waals surface area contributed by atoms with Crippen LogP contribution in [-0.2, 0) is 6.54 Å². The van der Waals surface area contributed by atoms with E-state index in [2.05, 4.69) is 20.8 Å². The van der Waals surface area contributed by atoms with E-state index in [0.29, 0.717) is 17.0 Å². The lowest BCUT2D eigenvalue weighted by Crippen LogP contribution is -2.33. The van der Waals surface area contributed by atoms with Crippen LogP contribution in [0, 0.1) is 11.3 Å². The maximum absolute atomic E-state index is 12.8. The van der Waals surface area contributed by atoms with Crippen molar-refractivity contribution in [3.05, 3.63) is 18.0 Å². The van der Waals surface area contributed by atoms with Crippen molar-refractivity contribution in [3.63, 3.8) is 0 Å². The highest BCUT2D eigenvalue weighted by Gasteiger charge is 2.29. The normalized spacial score (nSPS) is 20.4. The molecule has 0 spiro atoms. The Hall–Kier alpha value is -1.45. The molecule has 21 heavy (non-hydrogen) atoms. The molecular formula is C17H29N3O. The molecule has 2 heterocycles. The number of hydrogen-bond acceptors (Lipinski definition) is 2. The first kappa shape index (κ1) is 15.9. The minimum absolute atomic E-state index is 0.128. The molecule has 1 aromatic heterocycles. The monoisotopic (exact) mass is 291 g/mol. The van der Waals surface area contributed by atoms with Gasteiger partial charge in [-0.25, -0.2) is 0 Å². The van der Waals surface area contributed by atoms with Gasteiger partial charge in [-0.15, -0.1) is 0 Å². The minimum Gasteiger partial charge on any atom is -0.397 e. The summed E-state index contributed by atoms with van der Waals surface area (Å²) in [7, 11) is 0. The smallest absolute Gasteiger partial charge is 0.270 e. The van der Waals surface area contributed by atoms with E-state index >= 15 is 0 Å². The Bertz CT molecular complexity index is 499. The fourth-order valence-electron chi connectivity index (χ4n) is 3.30. The number of anilines is 1. The van der Waals surface area contributed by atoms with Gasteiger partial charge in [0.2, 0.25) is 0 Å². The zero-order chi connectivity index (χ0) is 15.6. The fourth-order valence-corrected chi connectivity index (χ4v) is 3.30. The molecular weight excluding hydrogens is 262 g/mol. The van der Waals surface area contributed by atoms with Gasteiger partial charge in [0.25, 0.3) is 5.91 Å². The van der Waals surface area contributed by atoms with Crippen LogP contribution in [0.25, 0.3) is 0 Å². The second kappa shape index (κ2) is 6.12. The quantitative estimate of drug-likeness (QED) is 0.908. The third kappa shape index (κ3) is 3.60. The Balaban J connectivity index is 2.10. The molecule has 1 atom stereocenters. The van der Waals surface area contributed by atoms with Crippen molar-refractivity contribution in [3.8, 4) is 0 Å². The van der Waals surface area contributed by atoms with Crippen molar-refractivity contribution in [1.29, 1.82) is 0 Å². The van der Waals surface area contributed by atoms with Crippen LogP contribution in [0.3, 0.4) is 0 Å². The molecule has 2 rings (SSSR count). The van der Waals surface area contributed by atoms with E-state index in [-0.39, 0.29) is 5.91 Å². The molecule has 1 amide bonds. The zero-order valence-electron chi connectivity index (χ0n) is 13.9. The lowest BCUT2D eigenvalue weighted by Gasteiger charge is -2.29. The second-order valence-corrected chi connectivity index (χ2v) is 7.23. The molecule has 1 aliphatic heterocycles. The molecule has 2 N–H and O–H groups in total. The number of likely N-dealkylation sites (tertiary alicyclic amines) is 1. The molecule has 1 unspecified atom stereocenters. The summed E-state index contributed by atoms with van der Waals surface area (Å²) < 4.78 is 1.95. The van der Waals surface area contributed by atoms with Crippen LogP contribution in [0.5, 0.6) is 0 Å². The summed E-state index contributed by atoms with van der Waals surface area (Å²) in [4.78, 5) is 14.8. The molecule has 0 saturated carbocycles. The molecule has 4 heteroatoms. The Morgan fingerprint density at radius 2 is 2.05 bits per heavy atom. The molecule has 0 aliphatic carbocycles. The van der Waals surface area contributed by atoms with Gasteiger partial charge in [-0.3, -0.25) is 4.79 Å². The largest absolute Gasteiger partial charge is 0.397 e. The highest BCUT2D eigenvalue weighted by Crippen LogP contribution is 2.34. The molecule has 0 radical (unpaired) electrons. The van der Waals surface area contributed by atoms with Gasteiger partial charge >= 0.3 is 0 Å². The van der Waals surface area contributed by atoms with E-state index in [1.165, 1.54) is 6.42 Å². The number of nitrogens with zero attached hydrogens (tertiary/aromatic N) is 2. The number of hydrogen-bond donors (Lipinski definition) is 1. The molecule has 118 valence electrons. The van der Waals surface area contributed by atoms with E-state index in [0.717, 1.165) is 38.2 Å². The van der Waals surface area contributed by atoms with Crippen LogP contribution in [0.15, 0.2) is 12.3 Å². The Kier molecular flexibility index (Phi) is 4.64. The SMILES string of the molecule is CCn1cc(N)cc1C(=O)N1CCCC(C(C)(C)C)CC1. The van der Waals surface area contributed by atoms with Gasteiger partial charge in [0.05, 0.1) is 5.69 Å². The minimum atomic E-state index is 0.128. The molecule has 1 aromatic rings. The number of aryl methyl sites for hydroxylation is 1. The van der Waals surface area contributed by atoms with Crippen molar-refractivity contribution in [2.24, 2.45) is 11.3 Å². The number of carbonyl (C=O) groups is 1. The fraction of sp³-hybridized carbons (Fsp3) is 0.706. The summed E-state index contributed by atoms with van der Waals surface area (Å²) in [6, 6.07) is 1.80. The van der Waals surface area contributed by atoms with Crippen LogP contribution >= 0.6 is 0 Å². The van der Waals surface area contributed by atoms with Gasteiger partial charge in [-0.1, -0.05) is 20.8 Å². The number of amides is 1. The van der Waals surface area contributed by atoms with Gasteiger partial charge in [-0.05, 0) is 43.6 Å². The molecule has 0 aromatic carbocycles. The van der Waals surface area contributed by atoms with Crippen LogP contribution in [0.4, 0.5) is 5.69 Å². The van der Waals surface area contributed by atoms with Crippen LogP contribution in [0.2, 0.25) is 0 Å². The van der Waals surface area contributed by atoms with Crippen LogP contribution in [-0.4, -0.2) is 28.5 Å². The van der Waals surface area contributed by atoms with E-state index in [1.807, 2.05) is 22.6 Å². The topological polar surface area (TPSA) is 51.3 Å². The lowest BCUT2D eigenvalue weighted by molar-refractivity contribution is 0.0745. The zero-order valence-corrected chi connectivity index (χ0v) is 13.9. The maximum atomic E-state index is 12.8. The first-order chi connectivity index (χ1) is 9.82. The number of nitrogens with two attached hydrogens (primary N) is 1. The summed E-state index contributed by atoms with van der Waals surface area (Å²) in [5, 5.41) is 0. The third-order valence-corrected chi connectivity index (χ3v) is 4.72. The lowest BCUT2D eigenvalue weighted by atomic mass is 9.77. The summed E-state index contributed by atoms with van der Waals surface area (Å²) in [6.07, 6.45) is 5.25. The van der Waals surface area contributed by atoms with Crippen molar-refractivity contribution in [1.82, 2.24) is 9.47 Å². The van der Waals surface area contributed by atoms with Gasteiger partial charge < -0.3 is 15.2 Å². The number of rotatable bonds is 2. The van der Waals surface area contributed by atoms with E-state index in [9.17, 15) is 4.79 Å². The first-order valence-electron chi connectivity index (χ1n) is 8.08. The van der Waals surface area contributed by atoms with E-state index in [4.69, 9.17) is 5.73 Å². The molecule has 1 aliphatic rings. The highest BCUT2D eigenvalue weighted by molar-refractivity contribution is 5.93. The molecule has 1 saturated heterocycles. The predicted molar refractivity (Wildman–Crippen MR) is 87.2 cm³/mol. The summed E-state index contributed by atoms with van der Waals surface area (Å²) in [6.45, 7) is 11.4. The van der Waals surface area contributed by atoms with Crippen molar-refractivity contribution in [2.75, 3.05) is 18.8 Å². The number of nitrogen functional groups attached to an aromatic ring is 1. The second-order valence-electron chi connectivity index (χ2n) is 7.23. The maximum Gasteiger partial charge on any atom is 0.270 e.